The molecule has 110 valence electrons. The predicted molar refractivity (Wildman–Crippen MR) is 80.6 cm³/mol. The summed E-state index contributed by atoms with van der Waals surface area (Å²) in [5.41, 5.74) is 0.705. The van der Waals surface area contributed by atoms with Crippen molar-refractivity contribution >= 4 is 17.6 Å². The molecule has 1 rings (SSSR count). The number of nitrogens with zero attached hydrogens (tertiary/aromatic N) is 1. The van der Waals surface area contributed by atoms with Crippen LogP contribution in [0.15, 0.2) is 30.3 Å². The number of nitrogens with one attached hydrogen (secondary N) is 2. The van der Waals surface area contributed by atoms with E-state index in [0.717, 1.165) is 25.9 Å². The van der Waals surface area contributed by atoms with Gasteiger partial charge in [-0.15, -0.1) is 0 Å². The third-order valence-electron chi connectivity index (χ3n) is 2.77. The summed E-state index contributed by atoms with van der Waals surface area (Å²) in [5, 5.41) is 5.27. The van der Waals surface area contributed by atoms with Crippen molar-refractivity contribution in [1.82, 2.24) is 10.2 Å². The number of para-hydroxylation sites is 1. The second-order valence-corrected chi connectivity index (χ2v) is 4.55. The SMILES string of the molecule is CCCN(CCC)C(=O)CNC(=O)Nc1ccccc1. The van der Waals surface area contributed by atoms with Crippen molar-refractivity contribution in [2.24, 2.45) is 0 Å². The van der Waals surface area contributed by atoms with Crippen LogP contribution in [-0.4, -0.2) is 36.5 Å². The lowest BCUT2D eigenvalue weighted by molar-refractivity contribution is -0.130. The number of rotatable bonds is 7. The fourth-order valence-corrected chi connectivity index (χ4v) is 1.87. The smallest absolute Gasteiger partial charge is 0.319 e. The van der Waals surface area contributed by atoms with Crippen LogP contribution in [0.3, 0.4) is 0 Å². The molecule has 0 bridgehead atoms. The first-order valence-corrected chi connectivity index (χ1v) is 7.05. The first-order valence-electron chi connectivity index (χ1n) is 7.05. The van der Waals surface area contributed by atoms with Gasteiger partial charge in [-0.1, -0.05) is 32.0 Å². The molecule has 0 aliphatic heterocycles. The molecular formula is C15H23N3O2. The fourth-order valence-electron chi connectivity index (χ4n) is 1.87. The molecule has 0 saturated heterocycles. The largest absolute Gasteiger partial charge is 0.341 e. The number of hydrogen-bond acceptors (Lipinski definition) is 2. The number of urea groups is 1. The van der Waals surface area contributed by atoms with Crippen LogP contribution >= 0.6 is 0 Å². The van der Waals surface area contributed by atoms with Crippen LogP contribution in [0.5, 0.6) is 0 Å². The van der Waals surface area contributed by atoms with Gasteiger partial charge in [-0.25, -0.2) is 4.79 Å². The molecule has 0 spiro atoms. The maximum absolute atomic E-state index is 12.0. The van der Waals surface area contributed by atoms with Gasteiger partial charge in [-0.2, -0.15) is 0 Å². The molecule has 20 heavy (non-hydrogen) atoms. The Bertz CT molecular complexity index is 414. The molecule has 5 heteroatoms. The average molecular weight is 277 g/mol. The van der Waals surface area contributed by atoms with Crippen LogP contribution in [0.2, 0.25) is 0 Å². The van der Waals surface area contributed by atoms with Gasteiger partial charge in [0.2, 0.25) is 5.91 Å². The Labute approximate surface area is 120 Å². The van der Waals surface area contributed by atoms with Gasteiger partial charge in [0.15, 0.2) is 0 Å². The molecule has 1 aromatic carbocycles. The first-order chi connectivity index (χ1) is 9.67. The minimum atomic E-state index is -0.363. The van der Waals surface area contributed by atoms with Gasteiger partial charge in [0.1, 0.15) is 0 Å². The fraction of sp³-hybridized carbons (Fsp3) is 0.467. The third kappa shape index (κ3) is 5.73. The van der Waals surface area contributed by atoms with Crippen molar-refractivity contribution in [3.05, 3.63) is 30.3 Å². The zero-order chi connectivity index (χ0) is 14.8. The van der Waals surface area contributed by atoms with E-state index >= 15 is 0 Å². The van der Waals surface area contributed by atoms with Crippen molar-refractivity contribution in [1.29, 1.82) is 0 Å². The lowest BCUT2D eigenvalue weighted by atomic mass is 10.3. The average Bonchev–Trinajstić information content (AvgIpc) is 2.45. The van der Waals surface area contributed by atoms with Gasteiger partial charge in [0.05, 0.1) is 6.54 Å². The quantitative estimate of drug-likeness (QED) is 0.804. The first kappa shape index (κ1) is 16.0. The van der Waals surface area contributed by atoms with Crippen LogP contribution in [0.1, 0.15) is 26.7 Å². The van der Waals surface area contributed by atoms with Crippen LogP contribution in [0, 0.1) is 0 Å². The summed E-state index contributed by atoms with van der Waals surface area (Å²) in [7, 11) is 0. The monoisotopic (exact) mass is 277 g/mol. The van der Waals surface area contributed by atoms with Gasteiger partial charge in [0.25, 0.3) is 0 Å². The zero-order valence-electron chi connectivity index (χ0n) is 12.2. The van der Waals surface area contributed by atoms with Crippen LogP contribution < -0.4 is 10.6 Å². The molecule has 3 amide bonds. The molecule has 2 N–H and O–H groups in total. The predicted octanol–water partition coefficient (Wildman–Crippen LogP) is 2.46. The third-order valence-corrected chi connectivity index (χ3v) is 2.77. The summed E-state index contributed by atoms with van der Waals surface area (Å²) in [6.07, 6.45) is 1.84. The summed E-state index contributed by atoms with van der Waals surface area (Å²) < 4.78 is 0. The molecule has 0 fully saturated rings. The molecule has 0 atom stereocenters. The topological polar surface area (TPSA) is 61.4 Å². The summed E-state index contributed by atoms with van der Waals surface area (Å²) in [6.45, 7) is 5.55. The molecule has 0 aromatic heterocycles. The van der Waals surface area contributed by atoms with E-state index in [1.165, 1.54) is 0 Å². The van der Waals surface area contributed by atoms with Crippen molar-refractivity contribution < 1.29 is 9.59 Å². The van der Waals surface area contributed by atoms with E-state index in [2.05, 4.69) is 10.6 Å². The van der Waals surface area contributed by atoms with Crippen molar-refractivity contribution in [2.75, 3.05) is 25.0 Å². The van der Waals surface area contributed by atoms with Gasteiger partial charge >= 0.3 is 6.03 Å². The number of benzene rings is 1. The Balaban J connectivity index is 2.37. The van der Waals surface area contributed by atoms with E-state index in [9.17, 15) is 9.59 Å². The van der Waals surface area contributed by atoms with E-state index in [0.29, 0.717) is 5.69 Å². The zero-order valence-corrected chi connectivity index (χ0v) is 12.2. The lowest BCUT2D eigenvalue weighted by Crippen LogP contribution is -2.42. The van der Waals surface area contributed by atoms with Crippen LogP contribution in [-0.2, 0) is 4.79 Å². The van der Waals surface area contributed by atoms with Crippen LogP contribution in [0.25, 0.3) is 0 Å². The summed E-state index contributed by atoms with van der Waals surface area (Å²) in [5.74, 6) is -0.0445. The molecule has 0 saturated carbocycles. The summed E-state index contributed by atoms with van der Waals surface area (Å²) in [4.78, 5) is 25.4. The van der Waals surface area contributed by atoms with Crippen molar-refractivity contribution in [3.8, 4) is 0 Å². The van der Waals surface area contributed by atoms with Gasteiger partial charge < -0.3 is 15.5 Å². The van der Waals surface area contributed by atoms with Crippen LogP contribution in [0.4, 0.5) is 10.5 Å². The molecule has 5 nitrogen and oxygen atoms in total. The highest BCUT2D eigenvalue weighted by molar-refractivity contribution is 5.92. The number of anilines is 1. The lowest BCUT2D eigenvalue weighted by Gasteiger charge is -2.21. The number of carbonyl (C=O) groups excluding carboxylic acids is 2. The molecule has 0 unspecified atom stereocenters. The maximum Gasteiger partial charge on any atom is 0.319 e. The molecule has 1 aromatic rings. The molecule has 0 heterocycles. The number of hydrogen-bond donors (Lipinski definition) is 2. The minimum Gasteiger partial charge on any atom is -0.341 e. The highest BCUT2D eigenvalue weighted by atomic mass is 16.2. The second kappa shape index (κ2) is 8.96. The Morgan fingerprint density at radius 3 is 2.20 bits per heavy atom. The van der Waals surface area contributed by atoms with Crippen molar-refractivity contribution in [3.63, 3.8) is 0 Å². The van der Waals surface area contributed by atoms with Gasteiger partial charge in [-0.3, -0.25) is 4.79 Å². The normalized spacial score (nSPS) is 9.90. The Morgan fingerprint density at radius 2 is 1.65 bits per heavy atom. The van der Waals surface area contributed by atoms with E-state index in [4.69, 9.17) is 0 Å². The van der Waals surface area contributed by atoms with E-state index in [-0.39, 0.29) is 18.5 Å². The minimum absolute atomic E-state index is 0.0265. The maximum atomic E-state index is 12.0. The Morgan fingerprint density at radius 1 is 1.05 bits per heavy atom. The van der Waals surface area contributed by atoms with E-state index in [1.54, 1.807) is 17.0 Å². The molecule has 0 radical (unpaired) electrons. The highest BCUT2D eigenvalue weighted by Crippen LogP contribution is 2.04. The van der Waals surface area contributed by atoms with E-state index in [1.807, 2.05) is 32.0 Å². The van der Waals surface area contributed by atoms with E-state index < -0.39 is 0 Å². The highest BCUT2D eigenvalue weighted by Gasteiger charge is 2.12. The standard InChI is InChI=1S/C15H23N3O2/c1-3-10-18(11-4-2)14(19)12-16-15(20)17-13-8-6-5-7-9-13/h5-9H,3-4,10-12H2,1-2H3,(H2,16,17,20). The number of amides is 3. The Kier molecular flexibility index (Phi) is 7.17. The molecule has 0 aliphatic rings. The summed E-state index contributed by atoms with van der Waals surface area (Å²) in [6, 6.07) is 8.78. The molecular weight excluding hydrogens is 254 g/mol. The summed E-state index contributed by atoms with van der Waals surface area (Å²) >= 11 is 0. The molecule has 0 aliphatic carbocycles. The number of carbonyl (C=O) groups is 2. The second-order valence-electron chi connectivity index (χ2n) is 4.55. The van der Waals surface area contributed by atoms with Crippen molar-refractivity contribution in [2.45, 2.75) is 26.7 Å². The van der Waals surface area contributed by atoms with Gasteiger partial charge in [0, 0.05) is 18.8 Å². The van der Waals surface area contributed by atoms with Gasteiger partial charge in [-0.05, 0) is 25.0 Å². The Hall–Kier alpha value is -2.04.